The molecule has 68 heavy (non-hydrogen) atoms. The van der Waals surface area contributed by atoms with Gasteiger partial charge in [0.2, 0.25) is 17.7 Å². The Morgan fingerprint density at radius 3 is 2.40 bits per heavy atom. The summed E-state index contributed by atoms with van der Waals surface area (Å²) in [5.74, 6) is -0.968. The molecule has 0 aliphatic carbocycles. The fourth-order valence-corrected chi connectivity index (χ4v) is 9.43. The monoisotopic (exact) mass is 966 g/mol. The third-order valence-corrected chi connectivity index (χ3v) is 13.1. The van der Waals surface area contributed by atoms with Crippen LogP contribution in [-0.2, 0) is 56.9 Å². The number of piperidine rings is 1. The lowest BCUT2D eigenvalue weighted by molar-refractivity contribution is -0.152. The second kappa shape index (κ2) is 21.6. The summed E-state index contributed by atoms with van der Waals surface area (Å²) in [6.45, 7) is 6.68. The first-order chi connectivity index (χ1) is 32.4. The van der Waals surface area contributed by atoms with Crippen LogP contribution in [0.5, 0.6) is 11.5 Å². The molecule has 7 rings (SSSR count). The van der Waals surface area contributed by atoms with E-state index in [0.29, 0.717) is 53.0 Å². The first-order valence-corrected chi connectivity index (χ1v) is 23.6. The van der Waals surface area contributed by atoms with Gasteiger partial charge in [-0.1, -0.05) is 47.5 Å². The highest BCUT2D eigenvalue weighted by Crippen LogP contribution is 2.34. The predicted octanol–water partition coefficient (Wildman–Crippen LogP) is 7.14. The van der Waals surface area contributed by atoms with Crippen LogP contribution < -0.4 is 15.4 Å². The van der Waals surface area contributed by atoms with Gasteiger partial charge in [-0.3, -0.25) is 29.1 Å². The zero-order valence-corrected chi connectivity index (χ0v) is 40.9. The van der Waals surface area contributed by atoms with Crippen molar-refractivity contribution in [3.63, 3.8) is 0 Å². The number of carbonyl (C=O) groups is 4. The second-order valence-corrected chi connectivity index (χ2v) is 19.4. The van der Waals surface area contributed by atoms with Crippen molar-refractivity contribution in [3.05, 3.63) is 130 Å². The highest BCUT2D eigenvalue weighted by molar-refractivity contribution is 6.31. The Morgan fingerprint density at radius 2 is 1.71 bits per heavy atom. The van der Waals surface area contributed by atoms with Crippen molar-refractivity contribution in [1.29, 1.82) is 0 Å². The lowest BCUT2D eigenvalue weighted by atomic mass is 9.82. The van der Waals surface area contributed by atoms with Crippen LogP contribution in [0.4, 0.5) is 0 Å². The number of nitrogens with one attached hydrogen (secondary N) is 2. The molecule has 0 saturated carbocycles. The fraction of sp³-hybridized carbons (Fsp3) is 0.412. The predicted molar refractivity (Wildman–Crippen MR) is 260 cm³/mol. The first-order valence-electron chi connectivity index (χ1n) is 22.8. The molecule has 4 atom stereocenters. The van der Waals surface area contributed by atoms with E-state index in [0.717, 1.165) is 34.8 Å². The maximum atomic E-state index is 14.7. The molecule has 4 heterocycles. The molecule has 3 N–H and O–H groups in total. The zero-order valence-electron chi connectivity index (χ0n) is 39.4. The number of carboxylic acids is 1. The van der Waals surface area contributed by atoms with Crippen molar-refractivity contribution in [1.82, 2.24) is 39.9 Å². The fourth-order valence-electron chi connectivity index (χ4n) is 9.14. The van der Waals surface area contributed by atoms with Gasteiger partial charge in [-0.05, 0) is 120 Å². The van der Waals surface area contributed by atoms with Gasteiger partial charge < -0.3 is 39.6 Å². The van der Waals surface area contributed by atoms with Crippen molar-refractivity contribution >= 4 is 46.9 Å². The molecule has 15 nitrogen and oxygen atoms in total. The number of aromatic nitrogens is 3. The molecule has 0 unspecified atom stereocenters. The number of amides is 3. The van der Waals surface area contributed by atoms with E-state index < -0.39 is 41.1 Å². The third-order valence-electron chi connectivity index (χ3n) is 12.6. The van der Waals surface area contributed by atoms with Gasteiger partial charge in [0.1, 0.15) is 29.1 Å². The van der Waals surface area contributed by atoms with Gasteiger partial charge in [-0.25, -0.2) is 4.98 Å². The molecule has 0 radical (unpaired) electrons. The number of rotatable bonds is 18. The standard InChI is InChI=1S/C51H60Cl2N8O7/c1-33(55-28-36-13-18-39(53)26-44(36)68-41-19-14-35(15-20-41)42-29-56-45(59(42)6)30-58(4)5)48(65)61-43(31-67-50(61,2)3)47(64)57-51(27-34-11-16-38(52)17-12-34)21-9-23-60(32-51)49(66)37(25-46(62)63)24-40-10-7-8-22-54-40/h7-8,10-20,22,26,29,33,37,43,55H,9,21,23-25,27-28,30-32H2,1-6H3,(H,57,64)(H,62,63)/t33-,37+,43-,51+/m0/s1. The number of halogens is 2. The maximum absolute atomic E-state index is 14.7. The van der Waals surface area contributed by atoms with E-state index in [9.17, 15) is 24.3 Å². The van der Waals surface area contributed by atoms with Crippen LogP contribution in [0.25, 0.3) is 11.3 Å². The topological polar surface area (TPSA) is 171 Å². The van der Waals surface area contributed by atoms with Crippen molar-refractivity contribution < 1.29 is 33.8 Å². The third kappa shape index (κ3) is 12.2. The average molecular weight is 968 g/mol. The highest BCUT2D eigenvalue weighted by Gasteiger charge is 2.50. The number of hydrogen-bond donors (Lipinski definition) is 3. The van der Waals surface area contributed by atoms with Gasteiger partial charge in [-0.2, -0.15) is 0 Å². The zero-order chi connectivity index (χ0) is 48.8. The second-order valence-electron chi connectivity index (χ2n) is 18.6. The molecule has 2 fully saturated rings. The van der Waals surface area contributed by atoms with E-state index >= 15 is 0 Å². The largest absolute Gasteiger partial charge is 0.481 e. The smallest absolute Gasteiger partial charge is 0.304 e. The van der Waals surface area contributed by atoms with Gasteiger partial charge in [0.15, 0.2) is 0 Å². The Kier molecular flexibility index (Phi) is 15.9. The Labute approximate surface area is 407 Å². The van der Waals surface area contributed by atoms with E-state index in [2.05, 4.69) is 30.1 Å². The van der Waals surface area contributed by atoms with E-state index in [-0.39, 0.29) is 44.4 Å². The number of likely N-dealkylation sites (tertiary alicyclic amines) is 1. The summed E-state index contributed by atoms with van der Waals surface area (Å²) in [4.78, 5) is 69.7. The van der Waals surface area contributed by atoms with Crippen LogP contribution in [0.1, 0.15) is 62.7 Å². The molecule has 3 aromatic carbocycles. The number of imidazole rings is 1. The summed E-state index contributed by atoms with van der Waals surface area (Å²) in [5, 5.41) is 17.5. The number of aliphatic carboxylic acids is 1. The molecule has 2 saturated heterocycles. The number of nitrogens with zero attached hydrogens (tertiary/aromatic N) is 6. The van der Waals surface area contributed by atoms with E-state index in [1.807, 2.05) is 69.8 Å². The van der Waals surface area contributed by atoms with Gasteiger partial charge in [0.25, 0.3) is 0 Å². The lowest BCUT2D eigenvalue weighted by Crippen LogP contribution is -2.65. The van der Waals surface area contributed by atoms with Gasteiger partial charge in [0.05, 0.1) is 49.0 Å². The van der Waals surface area contributed by atoms with Crippen molar-refractivity contribution in [2.75, 3.05) is 33.8 Å². The van der Waals surface area contributed by atoms with Crippen molar-refractivity contribution in [3.8, 4) is 22.8 Å². The Morgan fingerprint density at radius 1 is 0.971 bits per heavy atom. The Balaban J connectivity index is 1.06. The molecule has 360 valence electrons. The summed E-state index contributed by atoms with van der Waals surface area (Å²) < 4.78 is 14.6. The molecule has 5 aromatic rings. The summed E-state index contributed by atoms with van der Waals surface area (Å²) in [5.41, 5.74) is 2.13. The quantitative estimate of drug-likeness (QED) is 0.0816. The molecule has 0 bridgehead atoms. The molecular formula is C51H60Cl2N8O7. The van der Waals surface area contributed by atoms with Gasteiger partial charge >= 0.3 is 5.97 Å². The summed E-state index contributed by atoms with van der Waals surface area (Å²) in [6, 6.07) is 24.0. The van der Waals surface area contributed by atoms with Gasteiger partial charge in [-0.15, -0.1) is 0 Å². The minimum absolute atomic E-state index is 0.0481. The van der Waals surface area contributed by atoms with E-state index in [4.69, 9.17) is 32.7 Å². The lowest BCUT2D eigenvalue weighted by Gasteiger charge is -2.45. The summed E-state index contributed by atoms with van der Waals surface area (Å²) in [7, 11) is 6.01. The number of hydrogen-bond acceptors (Lipinski definition) is 10. The molecule has 17 heteroatoms. The van der Waals surface area contributed by atoms with Crippen molar-refractivity contribution in [2.45, 2.75) is 89.3 Å². The normalized spacial score (nSPS) is 18.9. The SMILES string of the molecule is C[C@H](NCc1ccc(Cl)cc1Oc1ccc(-c2cnc(CN(C)C)n2C)cc1)C(=O)N1[C@H](C(=O)N[C@@]2(Cc3ccc(Cl)cc3)CCCN(C(=O)[C@@H](CC(=O)O)Cc3ccccn3)C2)COC1(C)C. The van der Waals surface area contributed by atoms with Crippen LogP contribution in [0.15, 0.2) is 97.3 Å². The van der Waals surface area contributed by atoms with Crippen LogP contribution >= 0.6 is 23.2 Å². The van der Waals surface area contributed by atoms with E-state index in [1.165, 1.54) is 4.90 Å². The number of carbonyl (C=O) groups excluding carboxylic acids is 3. The van der Waals surface area contributed by atoms with Crippen LogP contribution in [0.2, 0.25) is 10.0 Å². The minimum atomic E-state index is -1.13. The average Bonchev–Trinajstić information content (AvgIpc) is 3.83. The Bertz CT molecular complexity index is 2570. The number of benzene rings is 3. The Hall–Kier alpha value is -5.84. The highest BCUT2D eigenvalue weighted by atomic mass is 35.5. The van der Waals surface area contributed by atoms with Crippen LogP contribution in [0, 0.1) is 5.92 Å². The van der Waals surface area contributed by atoms with Crippen LogP contribution in [-0.4, -0.2) is 115 Å². The number of carboxylic acid groups (broad SMARTS) is 1. The molecule has 0 spiro atoms. The van der Waals surface area contributed by atoms with Crippen LogP contribution in [0.3, 0.4) is 0 Å². The molecule has 2 aromatic heterocycles. The summed E-state index contributed by atoms with van der Waals surface area (Å²) >= 11 is 12.7. The molecular weight excluding hydrogens is 908 g/mol. The molecule has 2 aliphatic rings. The minimum Gasteiger partial charge on any atom is -0.481 e. The first kappa shape index (κ1) is 50.0. The van der Waals surface area contributed by atoms with E-state index in [1.54, 1.807) is 74.3 Å². The van der Waals surface area contributed by atoms with Gasteiger partial charge in [0, 0.05) is 66.2 Å². The number of ether oxygens (including phenoxy) is 2. The molecule has 2 aliphatic heterocycles. The van der Waals surface area contributed by atoms with Crippen molar-refractivity contribution in [2.24, 2.45) is 13.0 Å². The number of pyridine rings is 1. The maximum Gasteiger partial charge on any atom is 0.304 e. The molecule has 3 amide bonds. The summed E-state index contributed by atoms with van der Waals surface area (Å²) in [6.07, 6.45) is 4.69.